The third-order valence-corrected chi connectivity index (χ3v) is 3.34. The molecule has 1 aromatic carbocycles. The number of alkyl halides is 1. The minimum atomic E-state index is -0.504. The molecule has 0 radical (unpaired) electrons. The highest BCUT2D eigenvalue weighted by Gasteiger charge is 2.18. The van der Waals surface area contributed by atoms with Crippen LogP contribution in [-0.4, -0.2) is 0 Å². The Morgan fingerprint density at radius 2 is 1.94 bits per heavy atom. The monoisotopic (exact) mass is 272 g/mol. The molecule has 1 heterocycles. The van der Waals surface area contributed by atoms with Gasteiger partial charge < -0.3 is 4.42 Å². The summed E-state index contributed by atoms with van der Waals surface area (Å²) in [6.45, 7) is 3.51. The second kappa shape index (κ2) is 4.71. The summed E-state index contributed by atoms with van der Waals surface area (Å²) in [6.07, 6.45) is 0. The van der Waals surface area contributed by atoms with Gasteiger partial charge in [-0.1, -0.05) is 11.6 Å². The Hall–Kier alpha value is -0.990. The molecule has 1 unspecified atom stereocenters. The average molecular weight is 273 g/mol. The number of rotatable bonds is 2. The van der Waals surface area contributed by atoms with Crippen molar-refractivity contribution in [2.24, 2.45) is 0 Å². The highest BCUT2D eigenvalue weighted by Crippen LogP contribution is 2.35. The average Bonchev–Trinajstić information content (AvgIpc) is 2.69. The molecule has 1 atom stereocenters. The second-order valence-corrected chi connectivity index (χ2v) is 4.78. The molecule has 0 aliphatic heterocycles. The molecule has 0 amide bonds. The van der Waals surface area contributed by atoms with Gasteiger partial charge in [-0.3, -0.25) is 0 Å². The Morgan fingerprint density at radius 3 is 2.53 bits per heavy atom. The van der Waals surface area contributed by atoms with Crippen molar-refractivity contribution in [1.82, 2.24) is 0 Å². The standard InChI is InChI=1S/C13H11Cl2FO/c1-7-5-9(10(14)6-11(7)16)13(15)12-4-3-8(2)17-12/h3-6,13H,1-2H3. The molecule has 0 spiro atoms. The molecular weight excluding hydrogens is 262 g/mol. The Morgan fingerprint density at radius 1 is 1.24 bits per heavy atom. The predicted molar refractivity (Wildman–Crippen MR) is 67.3 cm³/mol. The molecule has 0 bridgehead atoms. The summed E-state index contributed by atoms with van der Waals surface area (Å²) in [5, 5.41) is -0.197. The Bertz CT molecular complexity index is 548. The van der Waals surface area contributed by atoms with Gasteiger partial charge in [0.05, 0.1) is 0 Å². The first-order valence-electron chi connectivity index (χ1n) is 5.15. The lowest BCUT2D eigenvalue weighted by atomic mass is 10.1. The fourth-order valence-electron chi connectivity index (χ4n) is 1.62. The molecule has 1 nitrogen and oxygen atoms in total. The molecule has 2 rings (SSSR count). The van der Waals surface area contributed by atoms with Crippen molar-refractivity contribution >= 4 is 23.2 Å². The highest BCUT2D eigenvalue weighted by molar-refractivity contribution is 6.33. The van der Waals surface area contributed by atoms with Crippen molar-refractivity contribution in [3.63, 3.8) is 0 Å². The lowest BCUT2D eigenvalue weighted by Crippen LogP contribution is -1.95. The summed E-state index contributed by atoms with van der Waals surface area (Å²) in [7, 11) is 0. The number of halogens is 3. The van der Waals surface area contributed by atoms with E-state index in [4.69, 9.17) is 27.6 Å². The van der Waals surface area contributed by atoms with Crippen LogP contribution in [0.2, 0.25) is 5.02 Å². The zero-order chi connectivity index (χ0) is 12.6. The van der Waals surface area contributed by atoms with Crippen molar-refractivity contribution in [2.45, 2.75) is 19.2 Å². The van der Waals surface area contributed by atoms with E-state index in [1.54, 1.807) is 19.1 Å². The minimum Gasteiger partial charge on any atom is -0.464 e. The lowest BCUT2D eigenvalue weighted by Gasteiger charge is -2.11. The topological polar surface area (TPSA) is 13.1 Å². The van der Waals surface area contributed by atoms with Gasteiger partial charge >= 0.3 is 0 Å². The van der Waals surface area contributed by atoms with Crippen LogP contribution in [0.1, 0.15) is 28.0 Å². The zero-order valence-electron chi connectivity index (χ0n) is 9.43. The molecule has 0 fully saturated rings. The van der Waals surface area contributed by atoms with Gasteiger partial charge in [0, 0.05) is 5.02 Å². The van der Waals surface area contributed by atoms with Crippen molar-refractivity contribution < 1.29 is 8.81 Å². The normalized spacial score (nSPS) is 12.8. The first-order chi connectivity index (χ1) is 7.99. The molecule has 0 saturated carbocycles. The smallest absolute Gasteiger partial charge is 0.127 e. The van der Waals surface area contributed by atoms with E-state index >= 15 is 0 Å². The molecule has 17 heavy (non-hydrogen) atoms. The van der Waals surface area contributed by atoms with Crippen LogP contribution >= 0.6 is 23.2 Å². The fourth-order valence-corrected chi connectivity index (χ4v) is 2.23. The van der Waals surface area contributed by atoms with Crippen molar-refractivity contribution in [3.05, 3.63) is 57.8 Å². The molecule has 0 aliphatic carbocycles. The largest absolute Gasteiger partial charge is 0.464 e. The van der Waals surface area contributed by atoms with Gasteiger partial charge in [0.1, 0.15) is 22.7 Å². The van der Waals surface area contributed by atoms with Crippen molar-refractivity contribution in [2.75, 3.05) is 0 Å². The van der Waals surface area contributed by atoms with Crippen LogP contribution < -0.4 is 0 Å². The van der Waals surface area contributed by atoms with E-state index in [9.17, 15) is 4.39 Å². The first-order valence-corrected chi connectivity index (χ1v) is 5.96. The fraction of sp³-hybridized carbons (Fsp3) is 0.231. The van der Waals surface area contributed by atoms with Crippen molar-refractivity contribution in [1.29, 1.82) is 0 Å². The first kappa shape index (κ1) is 12.5. The lowest BCUT2D eigenvalue weighted by molar-refractivity contribution is 0.489. The summed E-state index contributed by atoms with van der Waals surface area (Å²) >= 11 is 12.3. The molecule has 0 N–H and O–H groups in total. The van der Waals surface area contributed by atoms with E-state index in [2.05, 4.69) is 0 Å². The predicted octanol–water partition coefficient (Wildman–Crippen LogP) is 5.02. The zero-order valence-corrected chi connectivity index (χ0v) is 10.9. The summed E-state index contributed by atoms with van der Waals surface area (Å²) in [4.78, 5) is 0. The van der Waals surface area contributed by atoms with Gasteiger partial charge in [-0.2, -0.15) is 0 Å². The third kappa shape index (κ3) is 2.48. The maximum atomic E-state index is 13.3. The Labute approximate surface area is 109 Å². The molecule has 0 aliphatic rings. The van der Waals surface area contributed by atoms with Gasteiger partial charge in [0.15, 0.2) is 0 Å². The SMILES string of the molecule is Cc1ccc(C(Cl)c2cc(C)c(F)cc2Cl)o1. The van der Waals surface area contributed by atoms with E-state index < -0.39 is 5.38 Å². The van der Waals surface area contributed by atoms with Gasteiger partial charge in [-0.05, 0) is 49.2 Å². The van der Waals surface area contributed by atoms with Crippen LogP contribution in [0.25, 0.3) is 0 Å². The highest BCUT2D eigenvalue weighted by atomic mass is 35.5. The maximum absolute atomic E-state index is 13.3. The van der Waals surface area contributed by atoms with Crippen LogP contribution in [0.5, 0.6) is 0 Å². The number of benzene rings is 1. The summed E-state index contributed by atoms with van der Waals surface area (Å²) in [5.41, 5.74) is 1.17. The van der Waals surface area contributed by atoms with Gasteiger partial charge in [0.2, 0.25) is 0 Å². The van der Waals surface area contributed by atoms with Crippen LogP contribution in [0, 0.1) is 19.7 Å². The second-order valence-electron chi connectivity index (χ2n) is 3.93. The quantitative estimate of drug-likeness (QED) is 0.700. The van der Waals surface area contributed by atoms with E-state index in [1.807, 2.05) is 13.0 Å². The van der Waals surface area contributed by atoms with Crippen LogP contribution in [0.4, 0.5) is 4.39 Å². The van der Waals surface area contributed by atoms with Crippen molar-refractivity contribution in [3.8, 4) is 0 Å². The van der Waals surface area contributed by atoms with Crippen LogP contribution in [0.15, 0.2) is 28.7 Å². The van der Waals surface area contributed by atoms with Gasteiger partial charge in [-0.15, -0.1) is 11.6 Å². The van der Waals surface area contributed by atoms with E-state index in [-0.39, 0.29) is 5.82 Å². The summed E-state index contributed by atoms with van der Waals surface area (Å²) in [6, 6.07) is 6.54. The van der Waals surface area contributed by atoms with E-state index in [1.165, 1.54) is 6.07 Å². The molecule has 2 aromatic rings. The Balaban J connectivity index is 2.43. The molecule has 90 valence electrons. The molecule has 1 aromatic heterocycles. The number of hydrogen-bond acceptors (Lipinski definition) is 1. The van der Waals surface area contributed by atoms with Gasteiger partial charge in [-0.25, -0.2) is 4.39 Å². The number of furan rings is 1. The molecule has 0 saturated heterocycles. The number of hydrogen-bond donors (Lipinski definition) is 0. The third-order valence-electron chi connectivity index (χ3n) is 2.56. The van der Waals surface area contributed by atoms with Gasteiger partial charge in [0.25, 0.3) is 0 Å². The van der Waals surface area contributed by atoms with E-state index in [0.717, 1.165) is 5.76 Å². The van der Waals surface area contributed by atoms with Crippen LogP contribution in [-0.2, 0) is 0 Å². The summed E-state index contributed by atoms with van der Waals surface area (Å²) < 4.78 is 18.7. The molecular formula is C13H11Cl2FO. The van der Waals surface area contributed by atoms with Crippen LogP contribution in [0.3, 0.4) is 0 Å². The number of aryl methyl sites for hydroxylation is 2. The molecule has 4 heteroatoms. The Kier molecular flexibility index (Phi) is 3.45. The summed E-state index contributed by atoms with van der Waals surface area (Å²) in [5.74, 6) is 1.05. The maximum Gasteiger partial charge on any atom is 0.127 e. The van der Waals surface area contributed by atoms with E-state index in [0.29, 0.717) is 21.9 Å². The minimum absolute atomic E-state index is 0.308.